The van der Waals surface area contributed by atoms with E-state index in [0.29, 0.717) is 6.29 Å². The van der Waals surface area contributed by atoms with E-state index in [1.54, 1.807) is 6.92 Å². The summed E-state index contributed by atoms with van der Waals surface area (Å²) in [5.41, 5.74) is -0.797. The van der Waals surface area contributed by atoms with E-state index in [0.717, 1.165) is 6.42 Å². The topological polar surface area (TPSA) is 43.4 Å². The molecule has 6 unspecified atom stereocenters. The average molecular weight is 288 g/mol. The van der Waals surface area contributed by atoms with Crippen LogP contribution in [0.15, 0.2) is 0 Å². The summed E-state index contributed by atoms with van der Waals surface area (Å²) in [6.45, 7) is 7.02. The second-order valence-electron chi connectivity index (χ2n) is 6.36. The molecule has 3 nitrogen and oxygen atoms in total. The molecule has 1 saturated carbocycles. The van der Waals surface area contributed by atoms with Gasteiger partial charge in [-0.05, 0) is 12.8 Å². The van der Waals surface area contributed by atoms with Crippen molar-refractivity contribution in [3.05, 3.63) is 0 Å². The summed E-state index contributed by atoms with van der Waals surface area (Å²) in [6, 6.07) is 0. The number of carbonyl (C=O) groups is 2. The molecule has 0 aromatic heterocycles. The molecule has 0 radical (unpaired) electrons. The number of cyclic esters (lactones) is 1. The van der Waals surface area contributed by atoms with Crippen LogP contribution in [0.2, 0.25) is 0 Å². The zero-order valence-corrected chi connectivity index (χ0v) is 12.4. The molecule has 0 amide bonds. The Balaban J connectivity index is 2.60. The Morgan fingerprint density at radius 3 is 2.55 bits per heavy atom. The molecule has 0 spiro atoms. The van der Waals surface area contributed by atoms with E-state index in [-0.39, 0.29) is 5.92 Å². The molecule has 1 heterocycles. The van der Waals surface area contributed by atoms with Crippen LogP contribution in [-0.2, 0) is 14.3 Å². The third kappa shape index (κ3) is 1.74. The van der Waals surface area contributed by atoms with Crippen LogP contribution in [-0.4, -0.2) is 24.3 Å². The SMILES string of the molecule is CCC(C)C12C(C)OC(=O)C1CC(F)(F)C(C)C2C=O. The molecule has 2 aliphatic rings. The number of esters is 1. The first-order chi connectivity index (χ1) is 9.23. The molecule has 2 rings (SSSR count). The minimum atomic E-state index is -3.00. The zero-order chi connectivity index (χ0) is 15.3. The smallest absolute Gasteiger partial charge is 0.310 e. The van der Waals surface area contributed by atoms with Gasteiger partial charge in [0.25, 0.3) is 5.92 Å². The van der Waals surface area contributed by atoms with Crippen molar-refractivity contribution in [1.82, 2.24) is 0 Å². The number of ether oxygens (including phenoxy) is 1. The number of rotatable bonds is 3. The summed E-state index contributed by atoms with van der Waals surface area (Å²) in [5.74, 6) is -6.40. The Labute approximate surface area is 118 Å². The average Bonchev–Trinajstić information content (AvgIpc) is 2.62. The number of hydrogen-bond acceptors (Lipinski definition) is 3. The van der Waals surface area contributed by atoms with Crippen LogP contribution in [0.25, 0.3) is 0 Å². The predicted octanol–water partition coefficient (Wildman–Crippen LogP) is 3.07. The molecule has 0 N–H and O–H groups in total. The summed E-state index contributed by atoms with van der Waals surface area (Å²) in [6.07, 6.45) is 0.338. The van der Waals surface area contributed by atoms with Gasteiger partial charge in [-0.25, -0.2) is 8.78 Å². The molecule has 1 aliphatic heterocycles. The molecular weight excluding hydrogens is 266 g/mol. The quantitative estimate of drug-likeness (QED) is 0.592. The lowest BCUT2D eigenvalue weighted by Gasteiger charge is -2.52. The molecule has 114 valence electrons. The van der Waals surface area contributed by atoms with Crippen molar-refractivity contribution in [3.63, 3.8) is 0 Å². The standard InChI is InChI=1S/C15H22F2O3/c1-5-8(2)15-10(4)20-13(19)11(15)6-14(16,17)9(3)12(15)7-18/h7-12H,5-6H2,1-4H3. The van der Waals surface area contributed by atoms with Gasteiger partial charge in [0, 0.05) is 23.7 Å². The second kappa shape index (κ2) is 4.78. The number of fused-ring (bicyclic) bond motifs is 1. The van der Waals surface area contributed by atoms with Crippen LogP contribution in [0.3, 0.4) is 0 Å². The number of alkyl halides is 2. The van der Waals surface area contributed by atoms with Crippen LogP contribution >= 0.6 is 0 Å². The maximum Gasteiger partial charge on any atom is 0.310 e. The van der Waals surface area contributed by atoms with Crippen LogP contribution in [0.4, 0.5) is 8.78 Å². The van der Waals surface area contributed by atoms with Crippen molar-refractivity contribution in [1.29, 1.82) is 0 Å². The number of hydrogen-bond donors (Lipinski definition) is 0. The largest absolute Gasteiger partial charge is 0.462 e. The summed E-state index contributed by atoms with van der Waals surface area (Å²) in [4.78, 5) is 23.6. The normalized spacial score (nSPS) is 44.6. The Bertz CT molecular complexity index is 423. The third-order valence-electron chi connectivity index (χ3n) is 5.76. The van der Waals surface area contributed by atoms with E-state index in [1.165, 1.54) is 6.92 Å². The summed E-state index contributed by atoms with van der Waals surface area (Å²) < 4.78 is 33.6. The van der Waals surface area contributed by atoms with E-state index in [9.17, 15) is 18.4 Å². The second-order valence-corrected chi connectivity index (χ2v) is 6.36. The van der Waals surface area contributed by atoms with Crippen LogP contribution in [0.1, 0.15) is 40.5 Å². The highest BCUT2D eigenvalue weighted by atomic mass is 19.3. The highest BCUT2D eigenvalue weighted by molar-refractivity contribution is 5.78. The van der Waals surface area contributed by atoms with Crippen LogP contribution in [0.5, 0.6) is 0 Å². The van der Waals surface area contributed by atoms with E-state index in [1.807, 2.05) is 13.8 Å². The number of carbonyl (C=O) groups excluding carboxylic acids is 2. The van der Waals surface area contributed by atoms with Gasteiger partial charge in [-0.3, -0.25) is 4.79 Å². The van der Waals surface area contributed by atoms with Crippen molar-refractivity contribution in [2.45, 2.75) is 52.6 Å². The van der Waals surface area contributed by atoms with Gasteiger partial charge >= 0.3 is 5.97 Å². The first-order valence-electron chi connectivity index (χ1n) is 7.27. The highest BCUT2D eigenvalue weighted by Gasteiger charge is 2.69. The monoisotopic (exact) mass is 288 g/mol. The van der Waals surface area contributed by atoms with Gasteiger partial charge in [-0.1, -0.05) is 27.2 Å². The molecule has 5 heteroatoms. The lowest BCUT2D eigenvalue weighted by atomic mass is 9.50. The van der Waals surface area contributed by atoms with Gasteiger partial charge in [0.2, 0.25) is 0 Å². The third-order valence-corrected chi connectivity index (χ3v) is 5.76. The summed E-state index contributed by atoms with van der Waals surface area (Å²) >= 11 is 0. The van der Waals surface area contributed by atoms with Crippen molar-refractivity contribution in [3.8, 4) is 0 Å². The molecule has 0 aromatic carbocycles. The molecule has 2 fully saturated rings. The molecule has 1 aliphatic carbocycles. The maximum absolute atomic E-state index is 14.1. The molecule has 0 bridgehead atoms. The van der Waals surface area contributed by atoms with Crippen molar-refractivity contribution in [2.24, 2.45) is 29.1 Å². The number of halogens is 2. The predicted molar refractivity (Wildman–Crippen MR) is 69.2 cm³/mol. The fraction of sp³-hybridized carbons (Fsp3) is 0.867. The first-order valence-corrected chi connectivity index (χ1v) is 7.27. The van der Waals surface area contributed by atoms with Gasteiger partial charge in [0.1, 0.15) is 12.4 Å². The molecule has 0 aromatic rings. The van der Waals surface area contributed by atoms with Crippen molar-refractivity contribution >= 4 is 12.3 Å². The van der Waals surface area contributed by atoms with Gasteiger partial charge < -0.3 is 9.53 Å². The van der Waals surface area contributed by atoms with Crippen LogP contribution < -0.4 is 0 Å². The van der Waals surface area contributed by atoms with E-state index in [4.69, 9.17) is 4.74 Å². The van der Waals surface area contributed by atoms with Crippen molar-refractivity contribution in [2.75, 3.05) is 0 Å². The lowest BCUT2D eigenvalue weighted by Crippen LogP contribution is -2.58. The first kappa shape index (κ1) is 15.4. The van der Waals surface area contributed by atoms with E-state index < -0.39 is 47.6 Å². The minimum absolute atomic E-state index is 0.0253. The van der Waals surface area contributed by atoms with Gasteiger partial charge in [0.05, 0.1) is 5.92 Å². The van der Waals surface area contributed by atoms with Crippen molar-refractivity contribution < 1.29 is 23.1 Å². The van der Waals surface area contributed by atoms with E-state index >= 15 is 0 Å². The maximum atomic E-state index is 14.1. The fourth-order valence-electron chi connectivity index (χ4n) is 4.42. The van der Waals surface area contributed by atoms with Gasteiger partial charge in [-0.15, -0.1) is 0 Å². The molecule has 6 atom stereocenters. The molecular formula is C15H22F2O3. The van der Waals surface area contributed by atoms with E-state index in [2.05, 4.69) is 0 Å². The summed E-state index contributed by atoms with van der Waals surface area (Å²) in [7, 11) is 0. The Hall–Kier alpha value is -1.00. The summed E-state index contributed by atoms with van der Waals surface area (Å²) in [5, 5.41) is 0. The van der Waals surface area contributed by atoms with Gasteiger partial charge in [0.15, 0.2) is 0 Å². The molecule has 20 heavy (non-hydrogen) atoms. The molecule has 1 saturated heterocycles. The Morgan fingerprint density at radius 1 is 1.45 bits per heavy atom. The van der Waals surface area contributed by atoms with Gasteiger partial charge in [-0.2, -0.15) is 0 Å². The zero-order valence-electron chi connectivity index (χ0n) is 12.4. The fourth-order valence-corrected chi connectivity index (χ4v) is 4.42. The highest BCUT2D eigenvalue weighted by Crippen LogP contribution is 2.62. The Kier molecular flexibility index (Phi) is 3.68. The Morgan fingerprint density at radius 2 is 2.05 bits per heavy atom. The minimum Gasteiger partial charge on any atom is -0.462 e. The number of aldehydes is 1. The lowest BCUT2D eigenvalue weighted by molar-refractivity contribution is -0.185. The van der Waals surface area contributed by atoms with Crippen LogP contribution in [0, 0.1) is 29.1 Å².